The maximum atomic E-state index is 15.1. The van der Waals surface area contributed by atoms with Gasteiger partial charge in [-0.3, -0.25) is 10.1 Å². The van der Waals surface area contributed by atoms with Crippen LogP contribution in [-0.4, -0.2) is 32.2 Å². The predicted octanol–water partition coefficient (Wildman–Crippen LogP) is 7.13. The molecular weight excluding hydrogens is 558 g/mol. The van der Waals surface area contributed by atoms with Gasteiger partial charge in [0.2, 0.25) is 0 Å². The Labute approximate surface area is 234 Å². The first kappa shape index (κ1) is 26.1. The molecule has 0 radical (unpaired) electrons. The van der Waals surface area contributed by atoms with Crippen molar-refractivity contribution in [2.24, 2.45) is 7.05 Å². The summed E-state index contributed by atoms with van der Waals surface area (Å²) in [5.41, 5.74) is -0.0550. The molecule has 1 aliphatic rings. The summed E-state index contributed by atoms with van der Waals surface area (Å²) >= 11 is 2.65. The molecule has 0 saturated heterocycles. The Morgan fingerprint density at radius 1 is 1.05 bits per heavy atom. The van der Waals surface area contributed by atoms with E-state index in [-0.39, 0.29) is 11.1 Å². The number of hydrogen-bond donors (Lipinski definition) is 2. The lowest BCUT2D eigenvalue weighted by atomic mass is 9.94. The fourth-order valence-electron chi connectivity index (χ4n) is 4.65. The lowest BCUT2D eigenvalue weighted by Crippen LogP contribution is -2.21. The van der Waals surface area contributed by atoms with Crippen molar-refractivity contribution in [3.05, 3.63) is 77.4 Å². The van der Waals surface area contributed by atoms with Crippen LogP contribution < -0.4 is 5.32 Å². The molecule has 3 aromatic heterocycles. The monoisotopic (exact) mass is 580 g/mol. The molecule has 40 heavy (non-hydrogen) atoms. The Bertz CT molecular complexity index is 1740. The topological polar surface area (TPSA) is 106 Å². The van der Waals surface area contributed by atoms with Gasteiger partial charge in [0.1, 0.15) is 23.4 Å². The van der Waals surface area contributed by atoms with Crippen molar-refractivity contribution in [2.45, 2.75) is 31.3 Å². The number of anilines is 1. The summed E-state index contributed by atoms with van der Waals surface area (Å²) < 4.78 is 38.6. The number of nitrogens with one attached hydrogen (secondary N) is 1. The van der Waals surface area contributed by atoms with Crippen LogP contribution in [0.5, 0.6) is 0 Å². The van der Waals surface area contributed by atoms with E-state index in [0.29, 0.717) is 29.2 Å². The zero-order valence-corrected chi connectivity index (χ0v) is 22.9. The highest BCUT2D eigenvalue weighted by molar-refractivity contribution is 7.31. The maximum absolute atomic E-state index is 15.1. The van der Waals surface area contributed by atoms with Crippen LogP contribution in [0.3, 0.4) is 0 Å². The van der Waals surface area contributed by atoms with Crippen LogP contribution in [0, 0.1) is 11.6 Å². The molecule has 0 spiro atoms. The molecule has 1 saturated carbocycles. The summed E-state index contributed by atoms with van der Waals surface area (Å²) in [5.74, 6) is -2.17. The molecule has 2 N–H and O–H groups in total. The first-order chi connectivity index (χ1) is 19.2. The van der Waals surface area contributed by atoms with Gasteiger partial charge in [-0.05, 0) is 49.6 Å². The highest BCUT2D eigenvalue weighted by atomic mass is 32.1. The summed E-state index contributed by atoms with van der Waals surface area (Å²) in [4.78, 5) is 25.5. The van der Waals surface area contributed by atoms with Crippen LogP contribution in [0.25, 0.3) is 30.4 Å². The molecule has 6 rings (SSSR count). The van der Waals surface area contributed by atoms with E-state index in [0.717, 1.165) is 32.0 Å². The van der Waals surface area contributed by atoms with E-state index in [2.05, 4.69) is 15.6 Å². The summed E-state index contributed by atoms with van der Waals surface area (Å²) in [7, 11) is 1.65. The number of halogens is 2. The number of amides is 1. The molecule has 1 unspecified atom stereocenters. The molecule has 1 amide bonds. The van der Waals surface area contributed by atoms with Gasteiger partial charge in [0.15, 0.2) is 5.82 Å². The van der Waals surface area contributed by atoms with Gasteiger partial charge < -0.3 is 9.84 Å². The molecule has 0 bridgehead atoms. The number of aromatic nitrogens is 3. The van der Waals surface area contributed by atoms with E-state index in [1.165, 1.54) is 27.4 Å². The largest absolute Gasteiger partial charge is 0.481 e. The van der Waals surface area contributed by atoms with Crippen LogP contribution >= 0.6 is 22.7 Å². The van der Waals surface area contributed by atoms with Gasteiger partial charge in [-0.1, -0.05) is 35.5 Å². The number of aliphatic carboxylic acids is 1. The van der Waals surface area contributed by atoms with Crippen molar-refractivity contribution in [3.63, 3.8) is 0 Å². The third-order valence-corrected chi connectivity index (χ3v) is 9.37. The third kappa shape index (κ3) is 4.52. The quantitative estimate of drug-likeness (QED) is 0.212. The highest BCUT2D eigenvalue weighted by Crippen LogP contribution is 2.51. The minimum atomic E-state index is -1.33. The van der Waals surface area contributed by atoms with E-state index in [1.54, 1.807) is 20.0 Å². The fourth-order valence-corrected chi connectivity index (χ4v) is 7.05. The van der Waals surface area contributed by atoms with Gasteiger partial charge >= 0.3 is 12.1 Å². The van der Waals surface area contributed by atoms with Crippen LogP contribution in [-0.2, 0) is 22.0 Å². The first-order valence-corrected chi connectivity index (χ1v) is 14.0. The van der Waals surface area contributed by atoms with Crippen LogP contribution in [0.15, 0.2) is 54.6 Å². The average molecular weight is 581 g/mol. The van der Waals surface area contributed by atoms with Gasteiger partial charge in [-0.25, -0.2) is 18.3 Å². The molecule has 5 aromatic rings. The van der Waals surface area contributed by atoms with Crippen LogP contribution in [0.2, 0.25) is 0 Å². The molecule has 0 aliphatic heterocycles. The molecule has 2 aromatic carbocycles. The minimum absolute atomic E-state index is 0.0783. The number of carboxylic acid groups (broad SMARTS) is 1. The number of fused-ring (bicyclic) bond motifs is 1. The number of hydrogen-bond acceptors (Lipinski definition) is 7. The van der Waals surface area contributed by atoms with E-state index in [1.807, 2.05) is 36.4 Å². The van der Waals surface area contributed by atoms with Crippen LogP contribution in [0.4, 0.5) is 19.4 Å². The van der Waals surface area contributed by atoms with Crippen molar-refractivity contribution in [1.29, 1.82) is 0 Å². The van der Waals surface area contributed by atoms with Gasteiger partial charge in [0, 0.05) is 32.5 Å². The zero-order valence-electron chi connectivity index (χ0n) is 21.3. The Morgan fingerprint density at radius 2 is 1.73 bits per heavy atom. The number of rotatable bonds is 7. The number of carboxylic acids is 1. The maximum Gasteiger partial charge on any atom is 0.413 e. The second-order valence-electron chi connectivity index (χ2n) is 9.64. The molecule has 204 valence electrons. The van der Waals surface area contributed by atoms with Gasteiger partial charge in [-0.2, -0.15) is 0 Å². The van der Waals surface area contributed by atoms with E-state index >= 15 is 4.39 Å². The standard InChI is InChI=1S/C28H22F2N4O4S2/c1-14(15-6-4-3-5-7-15)38-27(37)31-25-24(32-33-34(25)2)23-13-22-21(40-23)12-20(39-22)16-10-19(30)17(11-18(16)29)28(8-9-28)26(35)36/h3-7,10-14H,8-9H2,1-2H3,(H,31,37)(H,35,36). The number of carbonyl (C=O) groups is 2. The van der Waals surface area contributed by atoms with Crippen molar-refractivity contribution in [3.8, 4) is 21.0 Å². The lowest BCUT2D eigenvalue weighted by molar-refractivity contribution is -0.140. The van der Waals surface area contributed by atoms with Crippen molar-refractivity contribution in [2.75, 3.05) is 5.32 Å². The molecule has 8 nitrogen and oxygen atoms in total. The lowest BCUT2D eigenvalue weighted by Gasteiger charge is -2.14. The molecule has 1 fully saturated rings. The SMILES string of the molecule is CC(OC(=O)Nc1c(-c2cc3sc(-c4cc(F)c(C5(C(=O)O)CC5)cc4F)cc3s2)nnn1C)c1ccccc1. The second-order valence-corrected chi connectivity index (χ2v) is 11.8. The molecule has 3 heterocycles. The Morgan fingerprint density at radius 3 is 2.40 bits per heavy atom. The normalized spacial score (nSPS) is 14.7. The Kier molecular flexibility index (Phi) is 6.38. The highest BCUT2D eigenvalue weighted by Gasteiger charge is 2.53. The molecular formula is C28H22F2N4O4S2. The van der Waals surface area contributed by atoms with Gasteiger partial charge in [0.05, 0.1) is 10.3 Å². The Balaban J connectivity index is 1.24. The van der Waals surface area contributed by atoms with Gasteiger partial charge in [0.25, 0.3) is 0 Å². The van der Waals surface area contributed by atoms with Crippen molar-refractivity contribution in [1.82, 2.24) is 15.0 Å². The van der Waals surface area contributed by atoms with Gasteiger partial charge in [-0.15, -0.1) is 27.8 Å². The fraction of sp³-hybridized carbons (Fsp3) is 0.214. The summed E-state index contributed by atoms with van der Waals surface area (Å²) in [6, 6.07) is 15.1. The third-order valence-electron chi connectivity index (χ3n) is 7.04. The van der Waals surface area contributed by atoms with E-state index in [4.69, 9.17) is 4.74 Å². The number of thiophene rings is 2. The smallest absolute Gasteiger partial charge is 0.413 e. The summed E-state index contributed by atoms with van der Waals surface area (Å²) in [5, 5.41) is 20.5. The number of aryl methyl sites for hydroxylation is 1. The molecule has 1 aliphatic carbocycles. The van der Waals surface area contributed by atoms with Crippen molar-refractivity contribution < 1.29 is 28.2 Å². The van der Waals surface area contributed by atoms with Crippen LogP contribution in [0.1, 0.15) is 37.0 Å². The zero-order chi connectivity index (χ0) is 28.2. The predicted molar refractivity (Wildman–Crippen MR) is 149 cm³/mol. The number of ether oxygens (including phenoxy) is 1. The molecule has 1 atom stereocenters. The minimum Gasteiger partial charge on any atom is -0.481 e. The molecule has 12 heteroatoms. The number of benzene rings is 2. The average Bonchev–Trinajstić information content (AvgIpc) is 3.34. The van der Waals surface area contributed by atoms with E-state index < -0.39 is 35.2 Å². The Hall–Kier alpha value is -4.16. The van der Waals surface area contributed by atoms with E-state index in [9.17, 15) is 19.1 Å². The summed E-state index contributed by atoms with van der Waals surface area (Å²) in [6.07, 6.45) is -0.535. The number of nitrogens with zero attached hydrogens (tertiary/aromatic N) is 3. The summed E-state index contributed by atoms with van der Waals surface area (Å²) in [6.45, 7) is 1.78. The van der Waals surface area contributed by atoms with Crippen molar-refractivity contribution >= 4 is 50.0 Å². The number of carbonyl (C=O) groups excluding carboxylic acids is 1. The first-order valence-electron chi connectivity index (χ1n) is 12.4. The second kappa shape index (κ2) is 9.79.